The highest BCUT2D eigenvalue weighted by atomic mass is 79.9. The summed E-state index contributed by atoms with van der Waals surface area (Å²) in [5, 5.41) is 40.9. The van der Waals surface area contributed by atoms with Crippen LogP contribution in [0.25, 0.3) is 24.3 Å². The highest BCUT2D eigenvalue weighted by Gasteiger charge is 2.36. The summed E-state index contributed by atoms with van der Waals surface area (Å²) in [6.45, 7) is 36.6. The number of fused-ring (bicyclic) bond motifs is 16. The van der Waals surface area contributed by atoms with Crippen molar-refractivity contribution in [3.8, 4) is 0 Å². The zero-order valence-corrected chi connectivity index (χ0v) is 69.9. The molecule has 0 amide bonds. The fourth-order valence-electron chi connectivity index (χ4n) is 17.3. The van der Waals surface area contributed by atoms with Gasteiger partial charge in [0.15, 0.2) is 22.8 Å². The van der Waals surface area contributed by atoms with Gasteiger partial charge < -0.3 is 118 Å². The molecule has 14 N–H and O–H groups in total. The molecule has 5 aliphatic rings. The summed E-state index contributed by atoms with van der Waals surface area (Å²) in [7, 11) is 0. The van der Waals surface area contributed by atoms with Gasteiger partial charge >= 0.3 is 0 Å². The Morgan fingerprint density at radius 3 is 0.676 bits per heavy atom. The Balaban J connectivity index is 0.00000364. The second-order valence-corrected chi connectivity index (χ2v) is 28.6. The van der Waals surface area contributed by atoms with Crippen LogP contribution in [0.1, 0.15) is 242 Å². The summed E-state index contributed by atoms with van der Waals surface area (Å²) < 4.78 is 0. The van der Waals surface area contributed by atoms with Crippen molar-refractivity contribution in [2.24, 2.45) is 0 Å². The molecule has 0 spiro atoms. The third-order valence-electron chi connectivity index (χ3n) is 22.9. The summed E-state index contributed by atoms with van der Waals surface area (Å²) in [4.78, 5) is 39.3. The van der Waals surface area contributed by atoms with E-state index in [4.69, 9.17) is 0 Å². The first kappa shape index (κ1) is 83.3. The van der Waals surface area contributed by atoms with Gasteiger partial charge in [-0.15, -0.1) is 0 Å². The molecule has 18 heteroatoms. The second kappa shape index (κ2) is 36.4. The number of hydrogen-bond donors (Lipinski definition) is 14. The number of aryl methyl sites for hydroxylation is 4. The molecule has 0 radical (unpaired) electrons. The van der Waals surface area contributed by atoms with E-state index in [2.05, 4.69) is 185 Å². The number of aliphatic hydroxyl groups is 4. The number of nitrogens with one attached hydrogen (secondary N) is 10. The Morgan fingerprint density at radius 1 is 0.304 bits per heavy atom. The summed E-state index contributed by atoms with van der Waals surface area (Å²) in [6.07, 6.45) is 25.4. The van der Waals surface area contributed by atoms with Gasteiger partial charge in [0.2, 0.25) is 22.8 Å². The molecule has 0 aromatic carbocycles. The summed E-state index contributed by atoms with van der Waals surface area (Å²) >= 11 is 0. The Bertz CT molecular complexity index is 3950. The number of allylic oxidation sites excluding steroid dienone is 8. The van der Waals surface area contributed by atoms with Crippen LogP contribution >= 0.6 is 0 Å². The molecular formula is C84H114Br4N10O4. The van der Waals surface area contributed by atoms with E-state index in [0.717, 1.165) is 148 Å². The Labute approximate surface area is 648 Å². The van der Waals surface area contributed by atoms with Gasteiger partial charge in [-0.2, -0.15) is 0 Å². The van der Waals surface area contributed by atoms with Crippen molar-refractivity contribution in [3.05, 3.63) is 202 Å². The normalized spacial score (nSPS) is 18.0. The van der Waals surface area contributed by atoms with Crippen LogP contribution in [0.2, 0.25) is 0 Å². The first-order valence-corrected chi connectivity index (χ1v) is 37.0. The van der Waals surface area contributed by atoms with Crippen LogP contribution in [0.3, 0.4) is 0 Å². The van der Waals surface area contributed by atoms with E-state index in [9.17, 15) is 20.4 Å². The third kappa shape index (κ3) is 16.8. The minimum atomic E-state index is 0. The summed E-state index contributed by atoms with van der Waals surface area (Å²) in [6, 6.07) is 0. The molecule has 0 atom stereocenters. The molecule has 0 fully saturated rings. The maximum absolute atomic E-state index is 10.2. The first-order chi connectivity index (χ1) is 47.2. The predicted octanol–water partition coefficient (Wildman–Crippen LogP) is -2.90. The molecule has 6 aromatic heterocycles. The van der Waals surface area contributed by atoms with Crippen molar-refractivity contribution in [1.29, 1.82) is 0 Å². The zero-order valence-electron chi connectivity index (χ0n) is 63.6. The number of hydrogen-bond acceptors (Lipinski definition) is 4. The van der Waals surface area contributed by atoms with Crippen LogP contribution in [-0.2, 0) is 77.0 Å². The van der Waals surface area contributed by atoms with Gasteiger partial charge in [-0.1, -0.05) is 27.7 Å². The number of aromatic nitrogens is 6. The number of aromatic amines is 6. The quantitative estimate of drug-likeness (QED) is 0.0490. The Kier molecular flexibility index (Phi) is 29.7. The van der Waals surface area contributed by atoms with Gasteiger partial charge in [-0.3, -0.25) is 0 Å². The molecule has 0 unspecified atom stereocenters. The monoisotopic (exact) mass is 1640 g/mol. The lowest BCUT2D eigenvalue weighted by molar-refractivity contribution is -0.388. The van der Waals surface area contributed by atoms with Crippen LogP contribution < -0.4 is 87.9 Å². The largest absolute Gasteiger partial charge is 1.00 e. The molecular weight excluding hydrogens is 1530 g/mol. The van der Waals surface area contributed by atoms with Gasteiger partial charge in [0, 0.05) is 164 Å². The zero-order chi connectivity index (χ0) is 70.0. The second-order valence-electron chi connectivity index (χ2n) is 28.6. The van der Waals surface area contributed by atoms with E-state index in [1.165, 1.54) is 180 Å². The molecule has 20 bridgehead atoms. The molecule has 5 aliphatic heterocycles. The minimum Gasteiger partial charge on any atom is -1.00 e. The smallest absolute Gasteiger partial charge is 0.209 e. The number of halogens is 4. The van der Waals surface area contributed by atoms with Crippen LogP contribution in [0.4, 0.5) is 0 Å². The van der Waals surface area contributed by atoms with Gasteiger partial charge in [0.05, 0.1) is 25.7 Å². The SMILES string of the molecule is CCc1c2[nH]c(c1CC)CC1=[NH+]/C(=C\c3[nH]c(C)c(c3C)CCc3c(C)[nH]c(c3C)/C=C3\[NH+]=C(Cc4[nH]c(c(CC)c4CC)CC4=[NH+]/C(=C\c5[nH]c(C)c(c5C)CCc5c(C)[nH]c(c5C)/C=C5\[NH+]=C(C2)C(CCCO)=C5C)C(C)=C4CCCO)C(CCCO)=C3C)C(C)=C1CCCO.[Br-].[Br-].[Br-].[Br-]. The summed E-state index contributed by atoms with van der Waals surface area (Å²) in [5.41, 5.74) is 49.5. The standard InChI is InChI=1S/C84H110N10O4.4BrH/c1-17-57-58(18-2)78-42-82-66(26-22-34-96)50(10)74(90-82)38-70-46(6)62(54(14)86-70)31-32-64-48(8)72(88-56(64)16)40-76-52(12)68(28-24-36-98)84(92-76)44-80-60(20-4)59(19-3)79(94-80)43-83-67(27-23-35-97)51(11)75(91-83)39-71-47(7)63(55(15)87-71)30-29-61-45(5)69(85-53(61)13)37-73-49(9)65(25-21-33-95)81(89-73)41-77(57)93-78;;;;/h37-40,85-88,93-98H,17-36,41-44H2,1-16H3;4*1H/b73-37-,74-38-,75-39-,76-40-;;;;. The molecule has 11 heterocycles. The van der Waals surface area contributed by atoms with Crippen LogP contribution in [0.15, 0.2) is 67.4 Å². The van der Waals surface area contributed by atoms with Crippen LogP contribution in [0, 0.1) is 55.4 Å². The van der Waals surface area contributed by atoms with Gasteiger partial charge in [0.1, 0.15) is 0 Å². The molecule has 14 nitrogen and oxygen atoms in total. The fourth-order valence-corrected chi connectivity index (χ4v) is 17.3. The van der Waals surface area contributed by atoms with E-state index < -0.39 is 0 Å². The van der Waals surface area contributed by atoms with Crippen molar-refractivity contribution in [2.75, 3.05) is 26.4 Å². The van der Waals surface area contributed by atoms with Crippen LogP contribution in [-0.4, -0.2) is 99.6 Å². The van der Waals surface area contributed by atoms with Gasteiger partial charge in [0.25, 0.3) is 0 Å². The first-order valence-electron chi connectivity index (χ1n) is 37.0. The number of rotatable bonds is 16. The van der Waals surface area contributed by atoms with E-state index >= 15 is 0 Å². The van der Waals surface area contributed by atoms with E-state index in [-0.39, 0.29) is 94.4 Å². The van der Waals surface area contributed by atoms with E-state index in [1.807, 2.05) is 0 Å². The highest BCUT2D eigenvalue weighted by molar-refractivity contribution is 6.03. The fraction of sp³-hybridized carbons (Fsp3) is 0.476. The topological polar surface area (TPSA) is 232 Å². The minimum absolute atomic E-state index is 0. The lowest BCUT2D eigenvalue weighted by atomic mass is 9.94. The maximum Gasteiger partial charge on any atom is 0.209 e. The Morgan fingerprint density at radius 2 is 0.500 bits per heavy atom. The number of aliphatic hydroxyl groups excluding tert-OH is 4. The molecule has 6 aromatic rings. The average molecular weight is 1650 g/mol. The van der Waals surface area contributed by atoms with Crippen LogP contribution in [0.5, 0.6) is 0 Å². The lowest BCUT2D eigenvalue weighted by Crippen LogP contribution is -3.00. The maximum atomic E-state index is 10.2. The summed E-state index contributed by atoms with van der Waals surface area (Å²) in [5.74, 6) is 0. The Hall–Kier alpha value is -5.96. The molecule has 0 aliphatic carbocycles. The molecule has 102 heavy (non-hydrogen) atoms. The molecule has 0 saturated heterocycles. The lowest BCUT2D eigenvalue weighted by Gasteiger charge is -2.06. The molecule has 552 valence electrons. The van der Waals surface area contributed by atoms with Gasteiger partial charge in [-0.05, 0) is 253 Å². The van der Waals surface area contributed by atoms with Crippen molar-refractivity contribution in [3.63, 3.8) is 0 Å². The van der Waals surface area contributed by atoms with Crippen molar-refractivity contribution < 1.29 is 108 Å². The van der Waals surface area contributed by atoms with E-state index in [1.54, 1.807) is 0 Å². The molecule has 0 saturated carbocycles. The van der Waals surface area contributed by atoms with Crippen molar-refractivity contribution in [1.82, 2.24) is 29.9 Å². The molecule has 11 rings (SSSR count). The average Bonchev–Trinajstić information content (AvgIpc) is 1.63. The highest BCUT2D eigenvalue weighted by Crippen LogP contribution is 2.35. The van der Waals surface area contributed by atoms with Crippen molar-refractivity contribution in [2.45, 2.75) is 239 Å². The third-order valence-corrected chi connectivity index (χ3v) is 22.9. The number of H-pyrrole nitrogens is 6. The van der Waals surface area contributed by atoms with E-state index in [0.29, 0.717) is 25.7 Å². The van der Waals surface area contributed by atoms with Gasteiger partial charge in [-0.25, -0.2) is 20.0 Å². The van der Waals surface area contributed by atoms with Crippen molar-refractivity contribution >= 4 is 47.2 Å². The predicted molar refractivity (Wildman–Crippen MR) is 402 cm³/mol.